The topological polar surface area (TPSA) is 67.3 Å². The van der Waals surface area contributed by atoms with E-state index in [-0.39, 0.29) is 17.2 Å². The monoisotopic (exact) mass is 442 g/mol. The number of ether oxygens (including phenoxy) is 1. The average Bonchev–Trinajstić information content (AvgIpc) is 2.67. The average molecular weight is 443 g/mol. The fraction of sp³-hybridized carbons (Fsp3) is 0.348. The Kier molecular flexibility index (Phi) is 5.25. The van der Waals surface area contributed by atoms with Crippen molar-refractivity contribution in [1.29, 1.82) is 0 Å². The summed E-state index contributed by atoms with van der Waals surface area (Å²) in [6.07, 6.45) is 1.12. The molecule has 1 N–H and O–H groups in total. The zero-order chi connectivity index (χ0) is 22.4. The first-order valence-electron chi connectivity index (χ1n) is 9.99. The number of likely N-dealkylation sites (tertiary alicyclic amines) is 1. The second kappa shape index (κ2) is 7.64. The summed E-state index contributed by atoms with van der Waals surface area (Å²) < 4.78 is 19.7. The molecule has 4 rings (SSSR count). The standard InChI is InChI=1S/C23H24ClFN4O2/c1-22(2,3)31-21(30)29-11-23(4,12-29)14-5-8-18-16(9-14)20(27-13-26-18)28-19-10-15(24)6-7-17(19)25/h5-10,13H,11-12H2,1-4H3,(H,26,27,28). The van der Waals surface area contributed by atoms with E-state index in [2.05, 4.69) is 22.2 Å². The van der Waals surface area contributed by atoms with E-state index in [1.54, 1.807) is 4.90 Å². The molecule has 0 radical (unpaired) electrons. The van der Waals surface area contributed by atoms with Gasteiger partial charge in [-0.15, -0.1) is 0 Å². The van der Waals surface area contributed by atoms with Crippen molar-refractivity contribution in [3.05, 3.63) is 59.1 Å². The number of benzene rings is 2. The number of nitrogens with one attached hydrogen (secondary N) is 1. The van der Waals surface area contributed by atoms with Gasteiger partial charge in [0.15, 0.2) is 0 Å². The lowest BCUT2D eigenvalue weighted by Crippen LogP contribution is -2.60. The molecule has 0 saturated carbocycles. The van der Waals surface area contributed by atoms with Crippen LogP contribution in [0, 0.1) is 5.82 Å². The third-order valence-corrected chi connectivity index (χ3v) is 5.48. The van der Waals surface area contributed by atoms with Crippen molar-refractivity contribution in [2.45, 2.75) is 38.7 Å². The number of hydrogen-bond donors (Lipinski definition) is 1. The van der Waals surface area contributed by atoms with Crippen molar-refractivity contribution in [1.82, 2.24) is 14.9 Å². The van der Waals surface area contributed by atoms with Crippen LogP contribution in [0.3, 0.4) is 0 Å². The van der Waals surface area contributed by atoms with Gasteiger partial charge in [0.05, 0.1) is 11.2 Å². The van der Waals surface area contributed by atoms with Gasteiger partial charge in [-0.1, -0.05) is 24.6 Å². The molecule has 0 atom stereocenters. The number of carbonyl (C=O) groups is 1. The third-order valence-electron chi connectivity index (χ3n) is 5.25. The second-order valence-electron chi connectivity index (χ2n) is 9.10. The van der Waals surface area contributed by atoms with Crippen LogP contribution >= 0.6 is 11.6 Å². The Morgan fingerprint density at radius 1 is 1.19 bits per heavy atom. The van der Waals surface area contributed by atoms with E-state index in [1.807, 2.05) is 39.0 Å². The van der Waals surface area contributed by atoms with Crippen molar-refractivity contribution < 1.29 is 13.9 Å². The van der Waals surface area contributed by atoms with Crippen LogP contribution in [0.15, 0.2) is 42.7 Å². The van der Waals surface area contributed by atoms with Crippen molar-refractivity contribution in [3.63, 3.8) is 0 Å². The molecule has 31 heavy (non-hydrogen) atoms. The summed E-state index contributed by atoms with van der Waals surface area (Å²) >= 11 is 6.01. The number of aromatic nitrogens is 2. The normalized spacial score (nSPS) is 15.5. The molecule has 1 aromatic heterocycles. The molecule has 2 heterocycles. The summed E-state index contributed by atoms with van der Waals surface area (Å²) in [6, 6.07) is 10.2. The first-order chi connectivity index (χ1) is 14.5. The van der Waals surface area contributed by atoms with Crippen LogP contribution in [-0.2, 0) is 10.2 Å². The Morgan fingerprint density at radius 3 is 2.65 bits per heavy atom. The Balaban J connectivity index is 1.60. The highest BCUT2D eigenvalue weighted by atomic mass is 35.5. The number of anilines is 2. The SMILES string of the molecule is CC(C)(C)OC(=O)N1CC(C)(c2ccc3ncnc(Nc4cc(Cl)ccc4F)c3c2)C1. The maximum absolute atomic E-state index is 14.2. The van der Waals surface area contributed by atoms with Gasteiger partial charge in [-0.2, -0.15) is 0 Å². The number of halogens is 2. The Hall–Kier alpha value is -2.93. The lowest BCUT2D eigenvalue weighted by Gasteiger charge is -2.48. The van der Waals surface area contributed by atoms with Gasteiger partial charge in [-0.3, -0.25) is 0 Å². The Bertz CT molecular complexity index is 1160. The number of hydrogen-bond acceptors (Lipinski definition) is 5. The zero-order valence-electron chi connectivity index (χ0n) is 17.9. The fourth-order valence-electron chi connectivity index (χ4n) is 3.69. The van der Waals surface area contributed by atoms with E-state index in [9.17, 15) is 9.18 Å². The van der Waals surface area contributed by atoms with Gasteiger partial charge in [-0.25, -0.2) is 19.2 Å². The molecular weight excluding hydrogens is 419 g/mol. The van der Waals surface area contributed by atoms with Crippen molar-refractivity contribution >= 4 is 40.1 Å². The smallest absolute Gasteiger partial charge is 0.410 e. The molecule has 1 amide bonds. The molecular formula is C23H24ClFN4O2. The molecule has 162 valence electrons. The van der Waals surface area contributed by atoms with Gasteiger partial charge in [0.25, 0.3) is 0 Å². The number of nitrogens with zero attached hydrogens (tertiary/aromatic N) is 3. The van der Waals surface area contributed by atoms with Crippen LogP contribution in [0.5, 0.6) is 0 Å². The second-order valence-corrected chi connectivity index (χ2v) is 9.54. The molecule has 1 saturated heterocycles. The van der Waals surface area contributed by atoms with Crippen molar-refractivity contribution in [3.8, 4) is 0 Å². The highest BCUT2D eigenvalue weighted by Crippen LogP contribution is 2.37. The highest BCUT2D eigenvalue weighted by molar-refractivity contribution is 6.30. The number of rotatable bonds is 3. The van der Waals surface area contributed by atoms with Crippen LogP contribution in [0.4, 0.5) is 20.7 Å². The largest absolute Gasteiger partial charge is 0.444 e. The molecule has 0 spiro atoms. The van der Waals surface area contributed by atoms with Crippen molar-refractivity contribution in [2.24, 2.45) is 0 Å². The first kappa shape index (κ1) is 21.3. The maximum atomic E-state index is 14.2. The van der Waals surface area contributed by atoms with E-state index >= 15 is 0 Å². The fourth-order valence-corrected chi connectivity index (χ4v) is 3.86. The summed E-state index contributed by atoms with van der Waals surface area (Å²) in [5, 5.41) is 4.21. The molecule has 2 aromatic carbocycles. The summed E-state index contributed by atoms with van der Waals surface area (Å²) in [4.78, 5) is 22.6. The number of amides is 1. The number of fused-ring (bicyclic) bond motifs is 1. The third kappa shape index (κ3) is 4.42. The summed E-state index contributed by atoms with van der Waals surface area (Å²) in [5.41, 5.74) is 1.27. The molecule has 3 aromatic rings. The minimum absolute atomic E-state index is 0.223. The molecule has 0 unspecified atom stereocenters. The van der Waals surface area contributed by atoms with E-state index in [1.165, 1.54) is 24.5 Å². The van der Waals surface area contributed by atoms with Crippen LogP contribution in [-0.4, -0.2) is 39.7 Å². The predicted octanol–water partition coefficient (Wildman–Crippen LogP) is 5.67. The van der Waals surface area contributed by atoms with Crippen LogP contribution in [0.2, 0.25) is 5.02 Å². The van der Waals surface area contributed by atoms with Crippen LogP contribution in [0.1, 0.15) is 33.3 Å². The molecule has 6 nitrogen and oxygen atoms in total. The summed E-state index contributed by atoms with van der Waals surface area (Å²) in [7, 11) is 0. The van der Waals surface area contributed by atoms with Gasteiger partial charge in [0.1, 0.15) is 23.6 Å². The molecule has 1 aliphatic rings. The van der Waals surface area contributed by atoms with Gasteiger partial charge in [-0.05, 0) is 56.7 Å². The van der Waals surface area contributed by atoms with E-state index in [4.69, 9.17) is 16.3 Å². The highest BCUT2D eigenvalue weighted by Gasteiger charge is 2.44. The number of carbonyl (C=O) groups excluding carboxylic acids is 1. The molecule has 1 fully saturated rings. The Labute approximate surface area is 185 Å². The lowest BCUT2D eigenvalue weighted by atomic mass is 9.75. The quantitative estimate of drug-likeness (QED) is 0.565. The molecule has 8 heteroatoms. The van der Waals surface area contributed by atoms with E-state index in [0.29, 0.717) is 23.9 Å². The van der Waals surface area contributed by atoms with Gasteiger partial charge in [0.2, 0.25) is 0 Å². The molecule has 0 bridgehead atoms. The predicted molar refractivity (Wildman–Crippen MR) is 119 cm³/mol. The maximum Gasteiger partial charge on any atom is 0.410 e. The van der Waals surface area contributed by atoms with Gasteiger partial charge in [0, 0.05) is 28.9 Å². The van der Waals surface area contributed by atoms with E-state index in [0.717, 1.165) is 16.5 Å². The zero-order valence-corrected chi connectivity index (χ0v) is 18.6. The Morgan fingerprint density at radius 2 is 1.94 bits per heavy atom. The van der Waals surface area contributed by atoms with Crippen LogP contribution < -0.4 is 5.32 Å². The van der Waals surface area contributed by atoms with Crippen LogP contribution in [0.25, 0.3) is 10.9 Å². The van der Waals surface area contributed by atoms with Crippen molar-refractivity contribution in [2.75, 3.05) is 18.4 Å². The van der Waals surface area contributed by atoms with E-state index < -0.39 is 11.4 Å². The molecule has 1 aliphatic heterocycles. The van der Waals surface area contributed by atoms with Gasteiger partial charge < -0.3 is 15.0 Å². The summed E-state index contributed by atoms with van der Waals surface area (Å²) in [5.74, 6) is 0.0613. The van der Waals surface area contributed by atoms with Gasteiger partial charge >= 0.3 is 6.09 Å². The lowest BCUT2D eigenvalue weighted by molar-refractivity contribution is -0.00648. The summed E-state index contributed by atoms with van der Waals surface area (Å²) in [6.45, 7) is 8.75. The minimum Gasteiger partial charge on any atom is -0.444 e. The first-order valence-corrected chi connectivity index (χ1v) is 10.4. The minimum atomic E-state index is -0.528. The molecule has 0 aliphatic carbocycles.